The Kier molecular flexibility index (Phi) is 3.94. The van der Waals surface area contributed by atoms with Gasteiger partial charge in [0.15, 0.2) is 0 Å². The summed E-state index contributed by atoms with van der Waals surface area (Å²) in [7, 11) is 1.58. The van der Waals surface area contributed by atoms with Crippen molar-refractivity contribution in [2.45, 2.75) is 6.42 Å². The molecule has 0 spiro atoms. The molecule has 0 saturated heterocycles. The van der Waals surface area contributed by atoms with Crippen molar-refractivity contribution in [3.05, 3.63) is 35.7 Å². The maximum atomic E-state index is 11.8. The number of aromatic nitrogens is 3. The lowest BCUT2D eigenvalue weighted by Crippen LogP contribution is -2.19. The second-order valence-corrected chi connectivity index (χ2v) is 4.04. The number of likely N-dealkylation sites (N-methyl/N-ethyl adjacent to an activating group) is 1. The highest BCUT2D eigenvalue weighted by atomic mass is 16.2. The van der Waals surface area contributed by atoms with Gasteiger partial charge in [0, 0.05) is 12.7 Å². The van der Waals surface area contributed by atoms with Crippen LogP contribution in [-0.2, 0) is 11.2 Å². The Bertz CT molecular complexity index is 619. The number of rotatable bonds is 4. The Morgan fingerprint density at radius 2 is 2.00 bits per heavy atom. The van der Waals surface area contributed by atoms with Gasteiger partial charge >= 0.3 is 0 Å². The van der Waals surface area contributed by atoms with E-state index < -0.39 is 5.91 Å². The van der Waals surface area contributed by atoms with Gasteiger partial charge in [0.2, 0.25) is 17.7 Å². The average molecular weight is 274 g/mol. The Labute approximate surface area is 114 Å². The number of carbonyl (C=O) groups excluding carboxylic acids is 2. The molecule has 8 nitrogen and oxygen atoms in total. The summed E-state index contributed by atoms with van der Waals surface area (Å²) in [6.07, 6.45) is 0.295. The molecule has 0 unspecified atom stereocenters. The Morgan fingerprint density at radius 1 is 1.30 bits per heavy atom. The van der Waals surface area contributed by atoms with Crippen molar-refractivity contribution in [2.75, 3.05) is 18.1 Å². The fraction of sp³-hybridized carbons (Fsp3) is 0.167. The van der Waals surface area contributed by atoms with Gasteiger partial charge in [-0.2, -0.15) is 4.98 Å². The SMILES string of the molecule is CNC(=O)Cc1ccc(NC(=O)c2nc(N)n[nH]2)cc1. The van der Waals surface area contributed by atoms with Gasteiger partial charge in [0.1, 0.15) is 0 Å². The van der Waals surface area contributed by atoms with Crippen LogP contribution < -0.4 is 16.4 Å². The summed E-state index contributed by atoms with van der Waals surface area (Å²) in [6, 6.07) is 6.94. The van der Waals surface area contributed by atoms with Crippen molar-refractivity contribution >= 4 is 23.5 Å². The molecule has 0 aliphatic carbocycles. The molecule has 1 aromatic carbocycles. The van der Waals surface area contributed by atoms with E-state index in [1.807, 2.05) is 0 Å². The largest absolute Gasteiger partial charge is 0.366 e. The van der Waals surface area contributed by atoms with Crippen molar-refractivity contribution in [1.29, 1.82) is 0 Å². The van der Waals surface area contributed by atoms with Gasteiger partial charge in [0.25, 0.3) is 5.91 Å². The minimum atomic E-state index is -0.437. The average Bonchev–Trinajstić information content (AvgIpc) is 2.87. The number of aromatic amines is 1. The van der Waals surface area contributed by atoms with E-state index >= 15 is 0 Å². The molecule has 2 rings (SSSR count). The van der Waals surface area contributed by atoms with Crippen molar-refractivity contribution in [2.24, 2.45) is 0 Å². The van der Waals surface area contributed by atoms with Crippen LogP contribution in [0, 0.1) is 0 Å². The number of carbonyl (C=O) groups is 2. The Balaban J connectivity index is 2.00. The Morgan fingerprint density at radius 3 is 2.55 bits per heavy atom. The molecule has 0 atom stereocenters. The monoisotopic (exact) mass is 274 g/mol. The Hall–Kier alpha value is -2.90. The molecule has 0 aliphatic rings. The summed E-state index contributed by atoms with van der Waals surface area (Å²) in [6.45, 7) is 0. The molecule has 20 heavy (non-hydrogen) atoms. The van der Waals surface area contributed by atoms with E-state index in [1.54, 1.807) is 31.3 Å². The van der Waals surface area contributed by atoms with Crippen molar-refractivity contribution in [3.8, 4) is 0 Å². The van der Waals surface area contributed by atoms with Crippen molar-refractivity contribution in [3.63, 3.8) is 0 Å². The highest BCUT2D eigenvalue weighted by molar-refractivity contribution is 6.01. The molecule has 0 saturated carbocycles. The van der Waals surface area contributed by atoms with Crippen LogP contribution in [0.2, 0.25) is 0 Å². The third-order valence-corrected chi connectivity index (χ3v) is 2.57. The minimum Gasteiger partial charge on any atom is -0.366 e. The van der Waals surface area contributed by atoms with Gasteiger partial charge < -0.3 is 16.4 Å². The van der Waals surface area contributed by atoms with Crippen molar-refractivity contribution < 1.29 is 9.59 Å². The first-order valence-electron chi connectivity index (χ1n) is 5.87. The number of amides is 2. The first-order valence-corrected chi connectivity index (χ1v) is 5.87. The van der Waals surface area contributed by atoms with Crippen LogP contribution in [0.15, 0.2) is 24.3 Å². The van der Waals surface area contributed by atoms with Crippen molar-refractivity contribution in [1.82, 2.24) is 20.5 Å². The molecular formula is C12H14N6O2. The quantitative estimate of drug-likeness (QED) is 0.620. The number of nitrogens with one attached hydrogen (secondary N) is 3. The fourth-order valence-corrected chi connectivity index (χ4v) is 1.55. The second kappa shape index (κ2) is 5.83. The van der Waals surface area contributed by atoms with Crippen LogP contribution in [0.4, 0.5) is 11.6 Å². The first-order chi connectivity index (χ1) is 9.58. The van der Waals surface area contributed by atoms with Gasteiger partial charge in [-0.15, -0.1) is 5.10 Å². The molecular weight excluding hydrogens is 260 g/mol. The van der Waals surface area contributed by atoms with E-state index in [0.29, 0.717) is 12.1 Å². The number of anilines is 2. The van der Waals surface area contributed by atoms with Crippen LogP contribution in [0.5, 0.6) is 0 Å². The zero-order chi connectivity index (χ0) is 14.5. The summed E-state index contributed by atoms with van der Waals surface area (Å²) >= 11 is 0. The second-order valence-electron chi connectivity index (χ2n) is 4.04. The summed E-state index contributed by atoms with van der Waals surface area (Å²) < 4.78 is 0. The van der Waals surface area contributed by atoms with Gasteiger partial charge in [-0.25, -0.2) is 0 Å². The number of benzene rings is 1. The van der Waals surface area contributed by atoms with Crippen LogP contribution in [-0.4, -0.2) is 34.0 Å². The zero-order valence-corrected chi connectivity index (χ0v) is 10.8. The summed E-state index contributed by atoms with van der Waals surface area (Å²) in [5.74, 6) is -0.458. The molecule has 1 heterocycles. The first kappa shape index (κ1) is 13.5. The van der Waals surface area contributed by atoms with Gasteiger partial charge in [0.05, 0.1) is 6.42 Å². The number of nitrogen functional groups attached to an aromatic ring is 1. The maximum absolute atomic E-state index is 11.8. The summed E-state index contributed by atoms with van der Waals surface area (Å²) in [5, 5.41) is 11.2. The lowest BCUT2D eigenvalue weighted by molar-refractivity contribution is -0.119. The van der Waals surface area contributed by atoms with E-state index in [1.165, 1.54) is 0 Å². The molecule has 2 aromatic rings. The maximum Gasteiger partial charge on any atom is 0.293 e. The summed E-state index contributed by atoms with van der Waals surface area (Å²) in [5.41, 5.74) is 6.76. The lowest BCUT2D eigenvalue weighted by Gasteiger charge is -2.04. The molecule has 0 radical (unpaired) electrons. The summed E-state index contributed by atoms with van der Waals surface area (Å²) in [4.78, 5) is 26.7. The van der Waals surface area contributed by atoms with E-state index in [0.717, 1.165) is 5.56 Å². The third kappa shape index (κ3) is 3.31. The van der Waals surface area contributed by atoms with E-state index in [-0.39, 0.29) is 17.7 Å². The molecule has 2 amide bonds. The molecule has 5 N–H and O–H groups in total. The highest BCUT2D eigenvalue weighted by Crippen LogP contribution is 2.11. The molecule has 1 aromatic heterocycles. The van der Waals surface area contributed by atoms with Crippen LogP contribution in [0.3, 0.4) is 0 Å². The molecule has 0 aliphatic heterocycles. The molecule has 0 fully saturated rings. The standard InChI is InChI=1S/C12H14N6O2/c1-14-9(19)6-7-2-4-8(5-3-7)15-11(20)10-16-12(13)18-17-10/h2-5H,6H2,1H3,(H,14,19)(H,15,20)(H3,13,16,17,18). The fourth-order valence-electron chi connectivity index (χ4n) is 1.55. The molecule has 104 valence electrons. The predicted octanol–water partition coefficient (Wildman–Crippen LogP) is -0.0723. The lowest BCUT2D eigenvalue weighted by atomic mass is 10.1. The van der Waals surface area contributed by atoms with E-state index in [2.05, 4.69) is 25.8 Å². The number of nitrogens with two attached hydrogens (primary N) is 1. The molecule has 0 bridgehead atoms. The third-order valence-electron chi connectivity index (χ3n) is 2.57. The molecule has 8 heteroatoms. The number of hydrogen-bond donors (Lipinski definition) is 4. The van der Waals surface area contributed by atoms with Gasteiger partial charge in [-0.3, -0.25) is 14.7 Å². The minimum absolute atomic E-state index is 0.0103. The smallest absolute Gasteiger partial charge is 0.293 e. The predicted molar refractivity (Wildman–Crippen MR) is 73.0 cm³/mol. The normalized spacial score (nSPS) is 10.1. The van der Waals surface area contributed by atoms with Crippen LogP contribution in [0.25, 0.3) is 0 Å². The van der Waals surface area contributed by atoms with Gasteiger partial charge in [-0.05, 0) is 17.7 Å². The number of H-pyrrole nitrogens is 1. The van der Waals surface area contributed by atoms with Crippen LogP contribution in [0.1, 0.15) is 16.2 Å². The number of hydrogen-bond acceptors (Lipinski definition) is 5. The number of nitrogens with zero attached hydrogens (tertiary/aromatic N) is 2. The highest BCUT2D eigenvalue weighted by Gasteiger charge is 2.10. The van der Waals surface area contributed by atoms with E-state index in [9.17, 15) is 9.59 Å². The van der Waals surface area contributed by atoms with E-state index in [4.69, 9.17) is 5.73 Å². The zero-order valence-electron chi connectivity index (χ0n) is 10.8. The van der Waals surface area contributed by atoms with Crippen LogP contribution >= 0.6 is 0 Å². The van der Waals surface area contributed by atoms with Gasteiger partial charge in [-0.1, -0.05) is 12.1 Å². The topological polar surface area (TPSA) is 126 Å².